The Kier molecular flexibility index (Phi) is 2.19. The third-order valence-corrected chi connectivity index (χ3v) is 4.55. The van der Waals surface area contributed by atoms with Gasteiger partial charge in [-0.05, 0) is 24.7 Å². The summed E-state index contributed by atoms with van der Waals surface area (Å²) in [5, 5.41) is 9.69. The van der Waals surface area contributed by atoms with Crippen LogP contribution in [-0.4, -0.2) is 35.3 Å². The van der Waals surface area contributed by atoms with Crippen LogP contribution in [0.25, 0.3) is 0 Å². The van der Waals surface area contributed by atoms with Crippen molar-refractivity contribution in [2.24, 2.45) is 17.8 Å². The Morgan fingerprint density at radius 3 is 2.00 bits per heavy atom. The zero-order chi connectivity index (χ0) is 13.5. The highest BCUT2D eigenvalue weighted by molar-refractivity contribution is 5.19. The van der Waals surface area contributed by atoms with Crippen molar-refractivity contribution >= 4 is 0 Å². The summed E-state index contributed by atoms with van der Waals surface area (Å²) in [5.41, 5.74) is -4.19. The van der Waals surface area contributed by atoms with Crippen molar-refractivity contribution in [2.45, 2.75) is 43.0 Å². The molecule has 2 aliphatic carbocycles. The first-order valence-corrected chi connectivity index (χ1v) is 5.59. The van der Waals surface area contributed by atoms with Crippen LogP contribution in [0, 0.1) is 17.8 Å². The molecular formula is C10H10F6O2. The van der Waals surface area contributed by atoms with Crippen molar-refractivity contribution in [2.75, 3.05) is 0 Å². The van der Waals surface area contributed by atoms with Gasteiger partial charge in [0.05, 0.1) is 12.2 Å². The van der Waals surface area contributed by atoms with E-state index in [1.54, 1.807) is 0 Å². The number of hydrogen-bond donors (Lipinski definition) is 1. The van der Waals surface area contributed by atoms with Crippen molar-refractivity contribution < 1.29 is 36.2 Å². The van der Waals surface area contributed by atoms with Crippen molar-refractivity contribution in [1.82, 2.24) is 0 Å². The molecule has 104 valence electrons. The predicted molar refractivity (Wildman–Crippen MR) is 45.4 cm³/mol. The van der Waals surface area contributed by atoms with Crippen molar-refractivity contribution in [3.05, 3.63) is 0 Å². The van der Waals surface area contributed by atoms with Gasteiger partial charge < -0.3 is 9.84 Å². The summed E-state index contributed by atoms with van der Waals surface area (Å²) < 4.78 is 82.2. The second-order valence-electron chi connectivity index (χ2n) is 5.30. The van der Waals surface area contributed by atoms with E-state index in [9.17, 15) is 31.4 Å². The molecule has 1 N–H and O–H groups in total. The largest absolute Gasteiger partial charge is 0.426 e. The third-order valence-electron chi connectivity index (χ3n) is 4.55. The fraction of sp³-hybridized carbons (Fsp3) is 1.00. The van der Waals surface area contributed by atoms with Gasteiger partial charge in [-0.1, -0.05) is 0 Å². The van der Waals surface area contributed by atoms with Gasteiger partial charge in [-0.15, -0.1) is 0 Å². The first kappa shape index (κ1) is 12.5. The number of halogens is 6. The highest BCUT2D eigenvalue weighted by atomic mass is 19.4. The summed E-state index contributed by atoms with van der Waals surface area (Å²) in [7, 11) is 0. The van der Waals surface area contributed by atoms with Gasteiger partial charge in [0.1, 0.15) is 0 Å². The highest BCUT2D eigenvalue weighted by Crippen LogP contribution is 2.67. The number of aliphatic hydroxyl groups excluding tert-OH is 1. The molecule has 8 heteroatoms. The molecule has 18 heavy (non-hydrogen) atoms. The zero-order valence-corrected chi connectivity index (χ0v) is 8.92. The molecule has 0 radical (unpaired) electrons. The molecule has 0 aromatic heterocycles. The van der Waals surface area contributed by atoms with Crippen LogP contribution in [0.2, 0.25) is 0 Å². The average Bonchev–Trinajstić information content (AvgIpc) is 2.71. The Hall–Kier alpha value is -0.500. The van der Waals surface area contributed by atoms with Crippen LogP contribution < -0.4 is 0 Å². The topological polar surface area (TPSA) is 29.5 Å². The SMILES string of the molecule is OC1C2[C@H]3C[C@@H]1CC3OC2(C(F)(F)F)C(F)(F)F. The molecule has 1 saturated heterocycles. The Balaban J connectivity index is 2.13. The van der Waals surface area contributed by atoms with Crippen LogP contribution in [0.4, 0.5) is 26.3 Å². The number of ether oxygens (including phenoxy) is 1. The van der Waals surface area contributed by atoms with E-state index in [0.29, 0.717) is 0 Å². The van der Waals surface area contributed by atoms with Gasteiger partial charge in [0, 0.05) is 5.92 Å². The molecule has 2 bridgehead atoms. The van der Waals surface area contributed by atoms with Crippen molar-refractivity contribution in [3.63, 3.8) is 0 Å². The van der Waals surface area contributed by atoms with Crippen LogP contribution in [-0.2, 0) is 4.74 Å². The maximum absolute atomic E-state index is 13.0. The molecule has 3 aliphatic rings. The van der Waals surface area contributed by atoms with E-state index >= 15 is 0 Å². The van der Waals surface area contributed by atoms with E-state index in [-0.39, 0.29) is 12.8 Å². The number of aliphatic hydroxyl groups is 1. The van der Waals surface area contributed by atoms with Crippen molar-refractivity contribution in [1.29, 1.82) is 0 Å². The minimum absolute atomic E-state index is 0.0796. The normalized spacial score (nSPS) is 45.8. The first-order valence-electron chi connectivity index (χ1n) is 5.59. The predicted octanol–water partition coefficient (Wildman–Crippen LogP) is 2.27. The Morgan fingerprint density at radius 2 is 1.56 bits per heavy atom. The monoisotopic (exact) mass is 276 g/mol. The van der Waals surface area contributed by atoms with Gasteiger partial charge in [0.25, 0.3) is 5.60 Å². The van der Waals surface area contributed by atoms with Gasteiger partial charge in [0.15, 0.2) is 0 Å². The maximum Gasteiger partial charge on any atom is 0.426 e. The second kappa shape index (κ2) is 3.15. The van der Waals surface area contributed by atoms with Gasteiger partial charge in [-0.3, -0.25) is 0 Å². The van der Waals surface area contributed by atoms with E-state index < -0.39 is 47.9 Å². The number of fused-ring (bicyclic) bond motifs is 1. The van der Waals surface area contributed by atoms with E-state index in [1.165, 1.54) is 0 Å². The molecule has 1 aliphatic heterocycles. The lowest BCUT2D eigenvalue weighted by Crippen LogP contribution is -2.62. The van der Waals surface area contributed by atoms with Crippen LogP contribution in [0.1, 0.15) is 12.8 Å². The number of alkyl halides is 6. The third kappa shape index (κ3) is 1.18. The molecule has 5 atom stereocenters. The molecule has 0 amide bonds. The fourth-order valence-electron chi connectivity index (χ4n) is 3.94. The Labute approximate surface area is 97.9 Å². The van der Waals surface area contributed by atoms with E-state index in [1.807, 2.05) is 0 Å². The summed E-state index contributed by atoms with van der Waals surface area (Å²) >= 11 is 0. The molecule has 2 nitrogen and oxygen atoms in total. The minimum atomic E-state index is -5.57. The smallest absolute Gasteiger partial charge is 0.392 e. The molecule has 1 heterocycles. The molecule has 3 fully saturated rings. The molecule has 0 spiro atoms. The van der Waals surface area contributed by atoms with Gasteiger partial charge in [-0.2, -0.15) is 26.3 Å². The van der Waals surface area contributed by atoms with Gasteiger partial charge in [-0.25, -0.2) is 0 Å². The number of rotatable bonds is 0. The Bertz CT molecular complexity index is 360. The number of hydrogen-bond acceptors (Lipinski definition) is 2. The van der Waals surface area contributed by atoms with Crippen molar-refractivity contribution in [3.8, 4) is 0 Å². The highest BCUT2D eigenvalue weighted by Gasteiger charge is 2.84. The standard InChI is InChI=1S/C10H10F6O2/c11-9(12,13)8(10(14,15)16)6-4-1-3(7(6)17)2-5(4)18-8/h3-7,17H,1-2H2/t3-,4+,5?,6?,7?/m1/s1. The lowest BCUT2D eigenvalue weighted by atomic mass is 9.76. The van der Waals surface area contributed by atoms with Gasteiger partial charge >= 0.3 is 12.4 Å². The van der Waals surface area contributed by atoms with Crippen LogP contribution in [0.15, 0.2) is 0 Å². The Morgan fingerprint density at radius 1 is 1.00 bits per heavy atom. The van der Waals surface area contributed by atoms with E-state index in [4.69, 9.17) is 0 Å². The lowest BCUT2D eigenvalue weighted by Gasteiger charge is -2.38. The molecular weight excluding hydrogens is 266 g/mol. The van der Waals surface area contributed by atoms with Crippen LogP contribution in [0.5, 0.6) is 0 Å². The summed E-state index contributed by atoms with van der Waals surface area (Å²) in [5.74, 6) is -3.26. The molecule has 0 aromatic rings. The maximum atomic E-state index is 13.0. The minimum Gasteiger partial charge on any atom is -0.392 e. The quantitative estimate of drug-likeness (QED) is 0.688. The van der Waals surface area contributed by atoms with Crippen LogP contribution >= 0.6 is 0 Å². The van der Waals surface area contributed by atoms with Gasteiger partial charge in [0.2, 0.25) is 0 Å². The fourth-order valence-corrected chi connectivity index (χ4v) is 3.94. The average molecular weight is 276 g/mol. The first-order chi connectivity index (χ1) is 8.09. The summed E-state index contributed by atoms with van der Waals surface area (Å²) in [6, 6.07) is 0. The second-order valence-corrected chi connectivity index (χ2v) is 5.30. The van der Waals surface area contributed by atoms with Crippen LogP contribution in [0.3, 0.4) is 0 Å². The zero-order valence-electron chi connectivity index (χ0n) is 8.92. The molecule has 0 aromatic carbocycles. The molecule has 2 saturated carbocycles. The van der Waals surface area contributed by atoms with E-state index in [2.05, 4.69) is 4.74 Å². The summed E-state index contributed by atoms with van der Waals surface area (Å²) in [4.78, 5) is 0. The summed E-state index contributed by atoms with van der Waals surface area (Å²) in [6.45, 7) is 0. The lowest BCUT2D eigenvalue weighted by molar-refractivity contribution is -0.387. The molecule has 3 unspecified atom stereocenters. The van der Waals surface area contributed by atoms with E-state index in [0.717, 1.165) is 0 Å². The summed E-state index contributed by atoms with van der Waals surface area (Å²) in [6.07, 6.45) is -13.5. The molecule has 3 rings (SSSR count).